The number of hydrogen-bond donors (Lipinski definition) is 2. The number of halogens is 1. The van der Waals surface area contributed by atoms with E-state index in [4.69, 9.17) is 9.47 Å². The molecule has 2 rings (SSSR count). The molecule has 0 saturated carbocycles. The van der Waals surface area contributed by atoms with E-state index in [1.54, 1.807) is 0 Å². The van der Waals surface area contributed by atoms with Crippen LogP contribution in [-0.2, 0) is 9.47 Å². The summed E-state index contributed by atoms with van der Waals surface area (Å²) in [5, 5.41) is 6.69. The predicted molar refractivity (Wildman–Crippen MR) is 121 cm³/mol. The van der Waals surface area contributed by atoms with Gasteiger partial charge in [-0.05, 0) is 38.3 Å². The van der Waals surface area contributed by atoms with Crippen molar-refractivity contribution in [2.75, 3.05) is 45.2 Å². The van der Waals surface area contributed by atoms with E-state index in [0.717, 1.165) is 70.4 Å². The lowest BCUT2D eigenvalue weighted by molar-refractivity contribution is -0.0318. The van der Waals surface area contributed by atoms with Gasteiger partial charge < -0.3 is 20.1 Å². The highest BCUT2D eigenvalue weighted by Crippen LogP contribution is 2.15. The number of rotatable bonds is 10. The number of thioether (sulfide) groups is 1. The van der Waals surface area contributed by atoms with Crippen LogP contribution in [-0.4, -0.2) is 57.3 Å². The Kier molecular flexibility index (Phi) is 14.1. The summed E-state index contributed by atoms with van der Waals surface area (Å²) in [6, 6.07) is 10.5. The summed E-state index contributed by atoms with van der Waals surface area (Å²) in [7, 11) is 0. The number of aliphatic imine (C=N–C) groups is 1. The minimum atomic E-state index is 0. The van der Waals surface area contributed by atoms with Gasteiger partial charge in [-0.15, -0.1) is 35.7 Å². The van der Waals surface area contributed by atoms with E-state index in [9.17, 15) is 0 Å². The summed E-state index contributed by atoms with van der Waals surface area (Å²) in [4.78, 5) is 5.92. The minimum Gasteiger partial charge on any atom is -0.381 e. The Morgan fingerprint density at radius 2 is 2.00 bits per heavy atom. The number of ether oxygens (including phenoxy) is 2. The third-order valence-corrected chi connectivity index (χ3v) is 4.86. The van der Waals surface area contributed by atoms with Crippen molar-refractivity contribution in [3.8, 4) is 0 Å². The Labute approximate surface area is 179 Å². The summed E-state index contributed by atoms with van der Waals surface area (Å²) in [6.45, 7) is 7.07. The predicted octanol–water partition coefficient (Wildman–Crippen LogP) is 3.54. The van der Waals surface area contributed by atoms with E-state index in [1.165, 1.54) is 4.90 Å². The highest BCUT2D eigenvalue weighted by Gasteiger charge is 2.13. The van der Waals surface area contributed by atoms with Gasteiger partial charge in [-0.3, -0.25) is 4.99 Å². The van der Waals surface area contributed by atoms with Crippen molar-refractivity contribution in [3.63, 3.8) is 0 Å². The second-order valence-corrected chi connectivity index (χ2v) is 7.05. The van der Waals surface area contributed by atoms with E-state index in [-0.39, 0.29) is 24.0 Å². The van der Waals surface area contributed by atoms with Crippen molar-refractivity contribution in [3.05, 3.63) is 30.3 Å². The third-order valence-electron chi connectivity index (χ3n) is 3.84. The van der Waals surface area contributed by atoms with Crippen LogP contribution in [0.25, 0.3) is 0 Å². The van der Waals surface area contributed by atoms with Crippen molar-refractivity contribution in [1.82, 2.24) is 10.6 Å². The highest BCUT2D eigenvalue weighted by molar-refractivity contribution is 14.0. The second-order valence-electron chi connectivity index (χ2n) is 5.89. The molecule has 0 spiro atoms. The summed E-state index contributed by atoms with van der Waals surface area (Å²) < 4.78 is 11.2. The highest BCUT2D eigenvalue weighted by atomic mass is 127. The first kappa shape index (κ1) is 23.5. The molecule has 0 unspecified atom stereocenters. The normalized spacial score (nSPS) is 15.3. The molecule has 0 amide bonds. The SMILES string of the molecule is CCNC(=NCCCOC1CCOCC1)NCCSc1ccccc1.I. The van der Waals surface area contributed by atoms with Crippen molar-refractivity contribution in [2.24, 2.45) is 4.99 Å². The number of hydrogen-bond acceptors (Lipinski definition) is 4. The molecule has 5 nitrogen and oxygen atoms in total. The van der Waals surface area contributed by atoms with Gasteiger partial charge in [-0.25, -0.2) is 0 Å². The van der Waals surface area contributed by atoms with E-state index < -0.39 is 0 Å². The molecule has 2 N–H and O–H groups in total. The second kappa shape index (κ2) is 15.5. The van der Waals surface area contributed by atoms with Crippen molar-refractivity contribution in [1.29, 1.82) is 0 Å². The Morgan fingerprint density at radius 3 is 2.73 bits per heavy atom. The van der Waals surface area contributed by atoms with Gasteiger partial charge >= 0.3 is 0 Å². The largest absolute Gasteiger partial charge is 0.381 e. The van der Waals surface area contributed by atoms with Crippen LogP contribution in [0.3, 0.4) is 0 Å². The Balaban J connectivity index is 0.00000338. The van der Waals surface area contributed by atoms with E-state index in [0.29, 0.717) is 6.10 Å². The first-order valence-corrected chi connectivity index (χ1v) is 10.3. The van der Waals surface area contributed by atoms with Crippen LogP contribution in [0.15, 0.2) is 40.2 Å². The zero-order valence-corrected chi connectivity index (χ0v) is 18.8. The molecule has 26 heavy (non-hydrogen) atoms. The van der Waals surface area contributed by atoms with Gasteiger partial charge in [0, 0.05) is 50.1 Å². The van der Waals surface area contributed by atoms with Crippen molar-refractivity contribution in [2.45, 2.75) is 37.2 Å². The summed E-state index contributed by atoms with van der Waals surface area (Å²) in [6.07, 6.45) is 3.37. The Morgan fingerprint density at radius 1 is 1.23 bits per heavy atom. The third kappa shape index (κ3) is 10.6. The minimum absolute atomic E-state index is 0. The van der Waals surface area contributed by atoms with E-state index in [1.807, 2.05) is 17.8 Å². The van der Waals surface area contributed by atoms with E-state index >= 15 is 0 Å². The van der Waals surface area contributed by atoms with E-state index in [2.05, 4.69) is 46.8 Å². The number of guanidine groups is 1. The maximum absolute atomic E-state index is 5.88. The average molecular weight is 493 g/mol. The molecular formula is C19H32IN3O2S. The molecule has 1 aromatic carbocycles. The van der Waals surface area contributed by atoms with Gasteiger partial charge in [0.15, 0.2) is 5.96 Å². The molecule has 1 aliphatic heterocycles. The van der Waals surface area contributed by atoms with Crippen LogP contribution in [0, 0.1) is 0 Å². The number of nitrogens with zero attached hydrogens (tertiary/aromatic N) is 1. The molecule has 0 aromatic heterocycles. The number of benzene rings is 1. The van der Waals surface area contributed by atoms with Crippen LogP contribution in [0.5, 0.6) is 0 Å². The topological polar surface area (TPSA) is 54.9 Å². The summed E-state index contributed by atoms with van der Waals surface area (Å²) in [5.41, 5.74) is 0. The van der Waals surface area contributed by atoms with Gasteiger partial charge in [0.05, 0.1) is 6.10 Å². The molecule has 1 aromatic rings. The fraction of sp³-hybridized carbons (Fsp3) is 0.632. The standard InChI is InChI=1S/C19H31N3O2S.HI/c1-2-20-19(22-12-16-25-18-7-4-3-5-8-18)21-11-6-13-24-17-9-14-23-15-10-17;/h3-5,7-8,17H,2,6,9-16H2,1H3,(H2,20,21,22);1H. The molecule has 148 valence electrons. The molecule has 0 radical (unpaired) electrons. The molecule has 1 aliphatic rings. The monoisotopic (exact) mass is 493 g/mol. The number of nitrogens with one attached hydrogen (secondary N) is 2. The molecule has 1 fully saturated rings. The van der Waals surface area contributed by atoms with Gasteiger partial charge in [0.25, 0.3) is 0 Å². The fourth-order valence-corrected chi connectivity index (χ4v) is 3.33. The van der Waals surface area contributed by atoms with Gasteiger partial charge in [-0.2, -0.15) is 0 Å². The lowest BCUT2D eigenvalue weighted by atomic mass is 10.1. The smallest absolute Gasteiger partial charge is 0.191 e. The van der Waals surface area contributed by atoms with Crippen molar-refractivity contribution >= 4 is 41.7 Å². The molecular weight excluding hydrogens is 461 g/mol. The molecule has 7 heteroatoms. The lowest BCUT2D eigenvalue weighted by Crippen LogP contribution is -2.38. The Bertz CT molecular complexity index is 485. The lowest BCUT2D eigenvalue weighted by Gasteiger charge is -2.22. The van der Waals surface area contributed by atoms with Gasteiger partial charge in [0.1, 0.15) is 0 Å². The van der Waals surface area contributed by atoms with Crippen LogP contribution in [0.2, 0.25) is 0 Å². The zero-order chi connectivity index (χ0) is 17.6. The summed E-state index contributed by atoms with van der Waals surface area (Å²) >= 11 is 1.85. The fourth-order valence-electron chi connectivity index (χ4n) is 2.54. The van der Waals surface area contributed by atoms with Crippen LogP contribution < -0.4 is 10.6 Å². The average Bonchev–Trinajstić information content (AvgIpc) is 2.66. The maximum Gasteiger partial charge on any atom is 0.191 e. The summed E-state index contributed by atoms with van der Waals surface area (Å²) in [5.74, 6) is 1.91. The van der Waals surface area contributed by atoms with Crippen LogP contribution >= 0.6 is 35.7 Å². The zero-order valence-electron chi connectivity index (χ0n) is 15.6. The first-order chi connectivity index (χ1) is 12.4. The van der Waals surface area contributed by atoms with Crippen LogP contribution in [0.4, 0.5) is 0 Å². The first-order valence-electron chi connectivity index (χ1n) is 9.28. The Hall–Kier alpha value is -0.510. The molecule has 1 saturated heterocycles. The van der Waals surface area contributed by atoms with Gasteiger partial charge in [-0.1, -0.05) is 18.2 Å². The maximum atomic E-state index is 5.88. The van der Waals surface area contributed by atoms with Gasteiger partial charge in [0.2, 0.25) is 0 Å². The molecule has 0 aliphatic carbocycles. The molecule has 0 bridgehead atoms. The molecule has 0 atom stereocenters. The van der Waals surface area contributed by atoms with Crippen LogP contribution in [0.1, 0.15) is 26.2 Å². The molecule has 1 heterocycles. The quantitative estimate of drug-likeness (QED) is 0.172. The van der Waals surface area contributed by atoms with Crippen molar-refractivity contribution < 1.29 is 9.47 Å².